The number of halogens is 4. The molecule has 0 aliphatic carbocycles. The highest BCUT2D eigenvalue weighted by molar-refractivity contribution is 6.23. The third kappa shape index (κ3) is 7.67. The van der Waals surface area contributed by atoms with Crippen molar-refractivity contribution in [1.82, 2.24) is 5.32 Å². The standard InChI is InChI=1S/C12H20ClF3N2O2/c1-8(4-5-9(18-20)11(2,3)13)6-7-17-10(19)12(14,15)16/h8-9H,4-7H2,1-3H3,(H,17,19). The number of nitrogens with one attached hydrogen (secondary N) is 1. The molecule has 118 valence electrons. The molecule has 2 atom stereocenters. The van der Waals surface area contributed by atoms with Crippen molar-refractivity contribution < 1.29 is 18.0 Å². The fourth-order valence-corrected chi connectivity index (χ4v) is 1.79. The normalized spacial score (nSPS) is 15.6. The molecule has 0 fully saturated rings. The van der Waals surface area contributed by atoms with Gasteiger partial charge in [-0.2, -0.15) is 18.1 Å². The first kappa shape index (κ1) is 19.1. The van der Waals surface area contributed by atoms with Gasteiger partial charge in [-0.25, -0.2) is 0 Å². The van der Waals surface area contributed by atoms with Gasteiger partial charge in [-0.3, -0.25) is 4.79 Å². The minimum Gasteiger partial charge on any atom is -0.348 e. The summed E-state index contributed by atoms with van der Waals surface area (Å²) in [5, 5.41) is 4.78. The van der Waals surface area contributed by atoms with Crippen LogP contribution >= 0.6 is 11.6 Å². The molecule has 0 spiro atoms. The van der Waals surface area contributed by atoms with Gasteiger partial charge >= 0.3 is 12.1 Å². The van der Waals surface area contributed by atoms with E-state index >= 15 is 0 Å². The lowest BCUT2D eigenvalue weighted by atomic mass is 9.93. The topological polar surface area (TPSA) is 58.5 Å². The highest BCUT2D eigenvalue weighted by Crippen LogP contribution is 2.26. The summed E-state index contributed by atoms with van der Waals surface area (Å²) in [6.07, 6.45) is -3.38. The summed E-state index contributed by atoms with van der Waals surface area (Å²) in [5.74, 6) is -1.87. The van der Waals surface area contributed by atoms with Crippen LogP contribution in [0.5, 0.6) is 0 Å². The lowest BCUT2D eigenvalue weighted by Gasteiger charge is -2.23. The molecule has 0 aromatic carbocycles. The van der Waals surface area contributed by atoms with E-state index in [9.17, 15) is 22.9 Å². The smallest absolute Gasteiger partial charge is 0.348 e. The van der Waals surface area contributed by atoms with Crippen molar-refractivity contribution in [3.63, 3.8) is 0 Å². The van der Waals surface area contributed by atoms with E-state index in [4.69, 9.17) is 11.6 Å². The van der Waals surface area contributed by atoms with E-state index in [1.165, 1.54) is 0 Å². The molecule has 0 aliphatic rings. The Kier molecular flexibility index (Phi) is 7.47. The number of hydrogen-bond acceptors (Lipinski definition) is 3. The summed E-state index contributed by atoms with van der Waals surface area (Å²) >= 11 is 6.00. The van der Waals surface area contributed by atoms with Gasteiger partial charge in [0.05, 0.1) is 4.87 Å². The van der Waals surface area contributed by atoms with Crippen LogP contribution < -0.4 is 5.32 Å². The molecule has 0 radical (unpaired) electrons. The number of nitroso groups, excluding NO2 is 1. The van der Waals surface area contributed by atoms with Gasteiger partial charge in [-0.05, 0) is 39.0 Å². The summed E-state index contributed by atoms with van der Waals surface area (Å²) in [7, 11) is 0. The predicted molar refractivity (Wildman–Crippen MR) is 71.6 cm³/mol. The van der Waals surface area contributed by atoms with Crippen molar-refractivity contribution >= 4 is 17.5 Å². The van der Waals surface area contributed by atoms with E-state index in [0.717, 1.165) is 0 Å². The average molecular weight is 317 g/mol. The van der Waals surface area contributed by atoms with Gasteiger partial charge in [0.2, 0.25) is 0 Å². The molecule has 1 N–H and O–H groups in total. The lowest BCUT2D eigenvalue weighted by molar-refractivity contribution is -0.173. The van der Waals surface area contributed by atoms with Crippen molar-refractivity contribution in [2.45, 2.75) is 57.1 Å². The number of carbonyl (C=O) groups is 1. The molecule has 4 nitrogen and oxygen atoms in total. The summed E-state index contributed by atoms with van der Waals surface area (Å²) in [4.78, 5) is 20.5. The second kappa shape index (κ2) is 7.81. The van der Waals surface area contributed by atoms with Gasteiger partial charge in [0.25, 0.3) is 0 Å². The van der Waals surface area contributed by atoms with Crippen LogP contribution in [0, 0.1) is 10.8 Å². The molecule has 1 amide bonds. The second-order valence-electron chi connectivity index (χ2n) is 5.41. The molecular weight excluding hydrogens is 297 g/mol. The van der Waals surface area contributed by atoms with Gasteiger partial charge in [0, 0.05) is 6.54 Å². The number of amides is 1. The molecule has 20 heavy (non-hydrogen) atoms. The Hall–Kier alpha value is -0.850. The first-order valence-electron chi connectivity index (χ1n) is 6.35. The van der Waals surface area contributed by atoms with Crippen LogP contribution in [0.25, 0.3) is 0 Å². The molecule has 0 saturated carbocycles. The van der Waals surface area contributed by atoms with Crippen LogP contribution in [0.15, 0.2) is 5.18 Å². The first-order chi connectivity index (χ1) is 8.98. The molecule has 8 heteroatoms. The molecule has 0 heterocycles. The Bertz CT molecular complexity index is 330. The fraction of sp³-hybridized carbons (Fsp3) is 0.917. The quantitative estimate of drug-likeness (QED) is 0.549. The molecule has 2 unspecified atom stereocenters. The third-order valence-electron chi connectivity index (χ3n) is 3.03. The van der Waals surface area contributed by atoms with Crippen LogP contribution in [0.3, 0.4) is 0 Å². The van der Waals surface area contributed by atoms with Crippen LogP contribution in [0.1, 0.15) is 40.0 Å². The number of hydrogen-bond donors (Lipinski definition) is 1. The molecule has 0 aromatic heterocycles. The van der Waals surface area contributed by atoms with Crippen molar-refractivity contribution in [3.8, 4) is 0 Å². The molecule has 0 aliphatic heterocycles. The largest absolute Gasteiger partial charge is 0.471 e. The lowest BCUT2D eigenvalue weighted by Crippen LogP contribution is -2.37. The molecular formula is C12H20ClF3N2O2. The zero-order chi connectivity index (χ0) is 16.0. The zero-order valence-corrected chi connectivity index (χ0v) is 12.5. The minimum absolute atomic E-state index is 0.0526. The highest BCUT2D eigenvalue weighted by atomic mass is 35.5. The highest BCUT2D eigenvalue weighted by Gasteiger charge is 2.38. The zero-order valence-electron chi connectivity index (χ0n) is 11.8. The van der Waals surface area contributed by atoms with E-state index in [1.54, 1.807) is 13.8 Å². The summed E-state index contributed by atoms with van der Waals surface area (Å²) in [6.45, 7) is 5.16. The number of rotatable bonds is 8. The van der Waals surface area contributed by atoms with Crippen molar-refractivity contribution in [1.29, 1.82) is 0 Å². The summed E-state index contributed by atoms with van der Waals surface area (Å²) < 4.78 is 35.8. The van der Waals surface area contributed by atoms with Crippen molar-refractivity contribution in [2.75, 3.05) is 6.54 Å². The SMILES string of the molecule is CC(CCNC(=O)C(F)(F)F)CCC(N=O)C(C)(C)Cl. The van der Waals surface area contributed by atoms with Crippen LogP contribution in [-0.2, 0) is 4.79 Å². The van der Waals surface area contributed by atoms with E-state index in [-0.39, 0.29) is 12.5 Å². The van der Waals surface area contributed by atoms with E-state index in [1.807, 2.05) is 12.2 Å². The Balaban J connectivity index is 3.99. The number of nitrogens with zero attached hydrogens (tertiary/aromatic N) is 1. The number of alkyl halides is 4. The van der Waals surface area contributed by atoms with Gasteiger partial charge in [0.1, 0.15) is 6.04 Å². The van der Waals surface area contributed by atoms with Gasteiger partial charge < -0.3 is 5.32 Å². The van der Waals surface area contributed by atoms with Crippen molar-refractivity contribution in [3.05, 3.63) is 4.91 Å². The minimum atomic E-state index is -4.85. The first-order valence-corrected chi connectivity index (χ1v) is 6.72. The number of carbonyl (C=O) groups excluding carboxylic acids is 1. The van der Waals surface area contributed by atoms with Gasteiger partial charge in [-0.15, -0.1) is 11.6 Å². The van der Waals surface area contributed by atoms with E-state index in [2.05, 4.69) is 5.18 Å². The van der Waals surface area contributed by atoms with Crippen LogP contribution in [0.2, 0.25) is 0 Å². The Morgan fingerprint density at radius 3 is 2.20 bits per heavy atom. The van der Waals surface area contributed by atoms with E-state index in [0.29, 0.717) is 19.3 Å². The summed E-state index contributed by atoms with van der Waals surface area (Å²) in [5.41, 5.74) is 0. The summed E-state index contributed by atoms with van der Waals surface area (Å²) in [6, 6.07) is -0.545. The maximum atomic E-state index is 11.9. The molecule has 0 rings (SSSR count). The Morgan fingerprint density at radius 1 is 1.25 bits per heavy atom. The molecule has 0 saturated heterocycles. The van der Waals surface area contributed by atoms with Gasteiger partial charge in [0.15, 0.2) is 0 Å². The van der Waals surface area contributed by atoms with Crippen LogP contribution in [-0.4, -0.2) is 29.5 Å². The van der Waals surface area contributed by atoms with Gasteiger partial charge in [-0.1, -0.05) is 12.1 Å². The Morgan fingerprint density at radius 2 is 1.80 bits per heavy atom. The molecule has 0 bridgehead atoms. The Labute approximate surface area is 121 Å². The fourth-order valence-electron chi connectivity index (χ4n) is 1.64. The second-order valence-corrected chi connectivity index (χ2v) is 6.38. The average Bonchev–Trinajstić information content (AvgIpc) is 2.26. The van der Waals surface area contributed by atoms with E-state index < -0.39 is 23.0 Å². The predicted octanol–water partition coefficient (Wildman–Crippen LogP) is 3.62. The van der Waals surface area contributed by atoms with Crippen molar-refractivity contribution in [2.24, 2.45) is 11.1 Å². The molecule has 0 aromatic rings. The third-order valence-corrected chi connectivity index (χ3v) is 3.28. The maximum absolute atomic E-state index is 11.9. The van der Waals surface area contributed by atoms with Crippen LogP contribution in [0.4, 0.5) is 13.2 Å². The maximum Gasteiger partial charge on any atom is 0.471 e. The monoisotopic (exact) mass is 316 g/mol.